The molecule has 0 atom stereocenters. The van der Waals surface area contributed by atoms with Gasteiger partial charge in [-0.2, -0.15) is 0 Å². The average Bonchev–Trinajstić information content (AvgIpc) is 2.75. The van der Waals surface area contributed by atoms with Crippen LogP contribution in [0.2, 0.25) is 0 Å². The highest BCUT2D eigenvalue weighted by Gasteiger charge is 2.21. The topological polar surface area (TPSA) is 17.1 Å². The van der Waals surface area contributed by atoms with Gasteiger partial charge in [0.2, 0.25) is 0 Å². The summed E-state index contributed by atoms with van der Waals surface area (Å²) < 4.78 is 52.7. The van der Waals surface area contributed by atoms with Gasteiger partial charge in [-0.3, -0.25) is 4.79 Å². The van der Waals surface area contributed by atoms with Gasteiger partial charge in [-0.05, 0) is 12.1 Å². The molecular formula is C11H4F4OS. The molecular weight excluding hydrogens is 256 g/mol. The number of rotatable bonds is 2. The van der Waals surface area contributed by atoms with Gasteiger partial charge in [0.15, 0.2) is 29.6 Å². The number of hydrogen-bond donors (Lipinski definition) is 0. The molecule has 0 spiro atoms. The van der Waals surface area contributed by atoms with Crippen molar-refractivity contribution in [3.05, 3.63) is 46.3 Å². The summed E-state index contributed by atoms with van der Waals surface area (Å²) in [5.41, 5.74) is -0.791. The molecule has 6 heteroatoms. The third-order valence-electron chi connectivity index (χ3n) is 2.10. The highest BCUT2D eigenvalue weighted by Crippen LogP contribution is 2.33. The first kappa shape index (κ1) is 11.8. The van der Waals surface area contributed by atoms with E-state index in [1.807, 2.05) is 0 Å². The summed E-state index contributed by atoms with van der Waals surface area (Å²) in [6, 6.07) is 2.69. The van der Waals surface area contributed by atoms with E-state index in [1.165, 1.54) is 12.1 Å². The van der Waals surface area contributed by atoms with Gasteiger partial charge in [0.25, 0.3) is 0 Å². The van der Waals surface area contributed by atoms with E-state index < -0.39 is 28.8 Å². The second kappa shape index (κ2) is 4.29. The van der Waals surface area contributed by atoms with Gasteiger partial charge in [-0.25, -0.2) is 17.6 Å². The van der Waals surface area contributed by atoms with Gasteiger partial charge in [-0.1, -0.05) is 0 Å². The van der Waals surface area contributed by atoms with Crippen LogP contribution >= 0.6 is 11.3 Å². The van der Waals surface area contributed by atoms with Crippen LogP contribution in [-0.4, -0.2) is 6.29 Å². The summed E-state index contributed by atoms with van der Waals surface area (Å²) in [4.78, 5) is 10.6. The van der Waals surface area contributed by atoms with Crippen molar-refractivity contribution in [3.8, 4) is 10.4 Å². The molecule has 0 unspecified atom stereocenters. The van der Waals surface area contributed by atoms with E-state index >= 15 is 0 Å². The van der Waals surface area contributed by atoms with Crippen molar-refractivity contribution >= 4 is 17.6 Å². The quantitative estimate of drug-likeness (QED) is 0.456. The molecule has 0 radical (unpaired) electrons. The number of carbonyl (C=O) groups excluding carboxylic acids is 1. The Kier molecular flexibility index (Phi) is 2.97. The Balaban J connectivity index is 2.69. The van der Waals surface area contributed by atoms with Crippen molar-refractivity contribution in [1.82, 2.24) is 0 Å². The lowest BCUT2D eigenvalue weighted by molar-refractivity contribution is 0.112. The molecule has 0 saturated carbocycles. The molecule has 2 aromatic rings. The van der Waals surface area contributed by atoms with Crippen LogP contribution in [0, 0.1) is 23.3 Å². The van der Waals surface area contributed by atoms with E-state index in [0.717, 1.165) is 11.3 Å². The lowest BCUT2D eigenvalue weighted by Crippen LogP contribution is -1.97. The van der Waals surface area contributed by atoms with Crippen LogP contribution in [0.25, 0.3) is 10.4 Å². The molecule has 0 aliphatic heterocycles. The van der Waals surface area contributed by atoms with Gasteiger partial charge < -0.3 is 0 Å². The number of thiophene rings is 1. The minimum absolute atomic E-state index is 0.0412. The van der Waals surface area contributed by atoms with Crippen molar-refractivity contribution in [2.45, 2.75) is 0 Å². The van der Waals surface area contributed by atoms with E-state index in [4.69, 9.17) is 0 Å². The Bertz CT molecular complexity index is 565. The van der Waals surface area contributed by atoms with Gasteiger partial charge in [-0.15, -0.1) is 11.3 Å². The van der Waals surface area contributed by atoms with E-state index in [9.17, 15) is 22.4 Å². The predicted octanol–water partition coefficient (Wildman–Crippen LogP) is 3.78. The third-order valence-corrected chi connectivity index (χ3v) is 3.13. The van der Waals surface area contributed by atoms with Gasteiger partial charge in [0, 0.05) is 10.9 Å². The minimum Gasteiger partial charge on any atom is -0.297 e. The summed E-state index contributed by atoms with van der Waals surface area (Å²) in [6.45, 7) is 0. The number of hydrogen-bond acceptors (Lipinski definition) is 2. The molecule has 0 aliphatic carbocycles. The SMILES string of the molecule is O=Cc1ccc(-c2c(F)c(F)cc(F)c2F)s1. The lowest BCUT2D eigenvalue weighted by Gasteiger charge is -2.04. The van der Waals surface area contributed by atoms with Crippen LogP contribution in [0.3, 0.4) is 0 Å². The van der Waals surface area contributed by atoms with Gasteiger partial charge in [0.05, 0.1) is 10.4 Å². The highest BCUT2D eigenvalue weighted by molar-refractivity contribution is 7.17. The Morgan fingerprint density at radius 2 is 1.59 bits per heavy atom. The maximum atomic E-state index is 13.4. The molecule has 0 amide bonds. The summed E-state index contributed by atoms with van der Waals surface area (Å²) >= 11 is 0.750. The van der Waals surface area contributed by atoms with Crippen LogP contribution in [-0.2, 0) is 0 Å². The smallest absolute Gasteiger partial charge is 0.170 e. The molecule has 2 rings (SSSR count). The standard InChI is InChI=1S/C11H4F4OS/c12-6-3-7(13)11(15)9(10(6)14)8-2-1-5(4-16)17-8/h1-4H. The van der Waals surface area contributed by atoms with Crippen molar-refractivity contribution in [2.24, 2.45) is 0 Å². The zero-order valence-corrected chi connectivity index (χ0v) is 8.95. The Labute approximate surface area is 97.3 Å². The van der Waals surface area contributed by atoms with Crippen LogP contribution < -0.4 is 0 Å². The average molecular weight is 260 g/mol. The fraction of sp³-hybridized carbons (Fsp3) is 0. The number of halogens is 4. The summed E-state index contributed by atoms with van der Waals surface area (Å²) in [5.74, 6) is -5.88. The van der Waals surface area contributed by atoms with Crippen molar-refractivity contribution in [3.63, 3.8) is 0 Å². The molecule has 0 saturated heterocycles. The second-order valence-electron chi connectivity index (χ2n) is 3.16. The lowest BCUT2D eigenvalue weighted by atomic mass is 10.1. The van der Waals surface area contributed by atoms with Crippen LogP contribution in [0.1, 0.15) is 9.67 Å². The van der Waals surface area contributed by atoms with Crippen molar-refractivity contribution in [2.75, 3.05) is 0 Å². The monoisotopic (exact) mass is 260 g/mol. The van der Waals surface area contributed by atoms with E-state index in [1.54, 1.807) is 0 Å². The van der Waals surface area contributed by atoms with Crippen LogP contribution in [0.4, 0.5) is 17.6 Å². The summed E-state index contributed by atoms with van der Waals surface area (Å²) in [5, 5.41) is 0. The van der Waals surface area contributed by atoms with E-state index in [2.05, 4.69) is 0 Å². The highest BCUT2D eigenvalue weighted by atomic mass is 32.1. The zero-order valence-electron chi connectivity index (χ0n) is 8.14. The molecule has 0 fully saturated rings. The normalized spacial score (nSPS) is 10.6. The molecule has 0 aliphatic rings. The van der Waals surface area contributed by atoms with Crippen LogP contribution in [0.15, 0.2) is 18.2 Å². The first-order chi connectivity index (χ1) is 8.04. The number of aldehydes is 1. The van der Waals surface area contributed by atoms with E-state index in [0.29, 0.717) is 6.29 Å². The Morgan fingerprint density at radius 3 is 2.06 bits per heavy atom. The fourth-order valence-corrected chi connectivity index (χ4v) is 2.20. The Hall–Kier alpha value is -1.69. The molecule has 0 N–H and O–H groups in total. The number of carbonyl (C=O) groups is 1. The first-order valence-electron chi connectivity index (χ1n) is 4.43. The van der Waals surface area contributed by atoms with Crippen molar-refractivity contribution < 1.29 is 22.4 Å². The molecule has 0 bridgehead atoms. The third kappa shape index (κ3) is 1.95. The fourth-order valence-electron chi connectivity index (χ4n) is 1.34. The summed E-state index contributed by atoms with van der Waals surface area (Å²) in [6.07, 6.45) is 0.486. The molecule has 1 aromatic heterocycles. The molecule has 88 valence electrons. The second-order valence-corrected chi connectivity index (χ2v) is 4.28. The predicted molar refractivity (Wildman–Crippen MR) is 55.0 cm³/mol. The molecule has 1 nitrogen and oxygen atoms in total. The van der Waals surface area contributed by atoms with Crippen molar-refractivity contribution in [1.29, 1.82) is 0 Å². The van der Waals surface area contributed by atoms with E-state index in [-0.39, 0.29) is 15.8 Å². The molecule has 1 aromatic carbocycles. The summed E-state index contributed by atoms with van der Waals surface area (Å²) in [7, 11) is 0. The molecule has 17 heavy (non-hydrogen) atoms. The molecule has 1 heterocycles. The zero-order chi connectivity index (χ0) is 12.6. The van der Waals surface area contributed by atoms with Gasteiger partial charge >= 0.3 is 0 Å². The number of benzene rings is 1. The van der Waals surface area contributed by atoms with Gasteiger partial charge in [0.1, 0.15) is 0 Å². The Morgan fingerprint density at radius 1 is 1.00 bits per heavy atom. The first-order valence-corrected chi connectivity index (χ1v) is 5.24. The maximum absolute atomic E-state index is 13.4. The van der Waals surface area contributed by atoms with Crippen LogP contribution in [0.5, 0.6) is 0 Å². The minimum atomic E-state index is -1.47. The largest absolute Gasteiger partial charge is 0.297 e. The maximum Gasteiger partial charge on any atom is 0.170 e.